The van der Waals surface area contributed by atoms with Crippen LogP contribution in [0.2, 0.25) is 0 Å². The first kappa shape index (κ1) is 30.0. The third-order valence-electron chi connectivity index (χ3n) is 7.19. The number of rotatable bonds is 10. The molecule has 1 saturated carbocycles. The van der Waals surface area contributed by atoms with Crippen LogP contribution in [0.1, 0.15) is 57.2 Å². The molecular formula is C31H32N6O7. The first-order chi connectivity index (χ1) is 21.1. The van der Waals surface area contributed by atoms with Crippen LogP contribution in [0.15, 0.2) is 55.0 Å². The van der Waals surface area contributed by atoms with Gasteiger partial charge in [-0.15, -0.1) is 0 Å². The number of esters is 1. The predicted octanol–water partition coefficient (Wildman–Crippen LogP) is 4.03. The summed E-state index contributed by atoms with van der Waals surface area (Å²) >= 11 is 0. The van der Waals surface area contributed by atoms with Gasteiger partial charge in [0.05, 0.1) is 12.0 Å². The van der Waals surface area contributed by atoms with E-state index in [0.29, 0.717) is 33.7 Å². The highest BCUT2D eigenvalue weighted by Crippen LogP contribution is 2.28. The van der Waals surface area contributed by atoms with E-state index in [2.05, 4.69) is 20.7 Å². The number of anilines is 2. The zero-order valence-corrected chi connectivity index (χ0v) is 24.5. The van der Waals surface area contributed by atoms with Crippen LogP contribution in [0, 0.1) is 13.8 Å². The van der Waals surface area contributed by atoms with E-state index < -0.39 is 24.8 Å². The van der Waals surface area contributed by atoms with Crippen LogP contribution < -0.4 is 10.6 Å². The molecule has 13 heteroatoms. The first-order valence-corrected chi connectivity index (χ1v) is 14.1. The van der Waals surface area contributed by atoms with E-state index in [1.165, 1.54) is 29.2 Å². The fourth-order valence-electron chi connectivity index (χ4n) is 4.55. The number of nitrogens with zero attached hydrogens (tertiary/aromatic N) is 4. The minimum absolute atomic E-state index is 0.00352. The Hall–Kier alpha value is -5.46. The lowest BCUT2D eigenvalue weighted by molar-refractivity contribution is -0.151. The molecule has 5 rings (SSSR count). The molecule has 2 aromatic heterocycles. The molecule has 1 aliphatic carbocycles. The van der Waals surface area contributed by atoms with E-state index in [4.69, 9.17) is 9.47 Å². The van der Waals surface area contributed by atoms with Gasteiger partial charge in [0, 0.05) is 30.0 Å². The molecule has 0 spiro atoms. The van der Waals surface area contributed by atoms with Gasteiger partial charge in [-0.3, -0.25) is 14.4 Å². The Bertz CT molecular complexity index is 1730. The van der Waals surface area contributed by atoms with Crippen LogP contribution in [0.5, 0.6) is 5.75 Å². The van der Waals surface area contributed by atoms with E-state index in [1.54, 1.807) is 38.1 Å². The fraction of sp³-hybridized carbons (Fsp3) is 0.290. The van der Waals surface area contributed by atoms with E-state index in [1.807, 2.05) is 13.0 Å². The number of hydrogen-bond acceptors (Lipinski definition) is 10. The highest BCUT2D eigenvalue weighted by atomic mass is 16.7. The van der Waals surface area contributed by atoms with Crippen LogP contribution >= 0.6 is 0 Å². The molecule has 0 radical (unpaired) electrons. The predicted molar refractivity (Wildman–Crippen MR) is 159 cm³/mol. The quantitative estimate of drug-likeness (QED) is 0.179. The van der Waals surface area contributed by atoms with Gasteiger partial charge in [-0.05, 0) is 74.6 Å². The van der Waals surface area contributed by atoms with Crippen molar-refractivity contribution in [1.82, 2.24) is 24.8 Å². The van der Waals surface area contributed by atoms with Crippen molar-refractivity contribution in [2.24, 2.45) is 0 Å². The van der Waals surface area contributed by atoms with Gasteiger partial charge < -0.3 is 25.2 Å². The summed E-state index contributed by atoms with van der Waals surface area (Å²) in [4.78, 5) is 56.2. The number of aryl methyl sites for hydroxylation is 2. The average molecular weight is 601 g/mol. The van der Waals surface area contributed by atoms with Gasteiger partial charge in [0.2, 0.25) is 6.79 Å². The number of phenols is 1. The number of imide groups is 1. The third-order valence-corrected chi connectivity index (χ3v) is 7.19. The number of hydrogen-bond donors (Lipinski definition) is 3. The monoisotopic (exact) mass is 600 g/mol. The highest BCUT2D eigenvalue weighted by Gasteiger charge is 2.28. The summed E-state index contributed by atoms with van der Waals surface area (Å²) in [5.74, 6) is -0.938. The normalized spacial score (nSPS) is 12.4. The van der Waals surface area contributed by atoms with Crippen molar-refractivity contribution in [2.75, 3.05) is 18.7 Å². The molecule has 0 unspecified atom stereocenters. The standard InChI is InChI=1S/C31H32N6O7/c1-4-36(31(42)44-17-43-26(39)13-20-6-11-23(38)12-7-20)30(41)24-15-37-27(19(24)3)28(32-16-33-37)35-25-14-21(8-5-18(25)2)29(40)34-22-9-10-22/h5-8,11-12,14-16,22,38H,4,9-10,13,17H2,1-3H3,(H,34,40)(H,32,33,35). The summed E-state index contributed by atoms with van der Waals surface area (Å²) in [7, 11) is 0. The number of phenolic OH excluding ortho intramolecular Hbond substituents is 1. The van der Waals surface area contributed by atoms with Gasteiger partial charge in [-0.25, -0.2) is 19.2 Å². The molecule has 228 valence electrons. The van der Waals surface area contributed by atoms with Gasteiger partial charge >= 0.3 is 12.1 Å². The van der Waals surface area contributed by atoms with Crippen molar-refractivity contribution >= 4 is 40.9 Å². The number of nitrogens with one attached hydrogen (secondary N) is 2. The molecule has 2 heterocycles. The van der Waals surface area contributed by atoms with E-state index >= 15 is 0 Å². The van der Waals surface area contributed by atoms with E-state index in [9.17, 15) is 24.3 Å². The lowest BCUT2D eigenvalue weighted by Gasteiger charge is -2.18. The molecule has 3 amide bonds. The minimum atomic E-state index is -0.981. The first-order valence-electron chi connectivity index (χ1n) is 14.1. The molecule has 13 nitrogen and oxygen atoms in total. The summed E-state index contributed by atoms with van der Waals surface area (Å²) in [6.45, 7) is 4.55. The number of carbonyl (C=O) groups is 4. The van der Waals surface area contributed by atoms with Gasteiger partial charge in [0.1, 0.15) is 17.6 Å². The Morgan fingerprint density at radius 1 is 1.07 bits per heavy atom. The van der Waals surface area contributed by atoms with Crippen molar-refractivity contribution in [3.8, 4) is 5.75 Å². The molecule has 0 bridgehead atoms. The second kappa shape index (κ2) is 12.8. The summed E-state index contributed by atoms with van der Waals surface area (Å²) in [5.41, 5.74) is 3.91. The molecule has 44 heavy (non-hydrogen) atoms. The molecule has 3 N–H and O–H groups in total. The summed E-state index contributed by atoms with van der Waals surface area (Å²) < 4.78 is 11.5. The Labute approximate surface area is 252 Å². The number of aromatic nitrogens is 3. The Morgan fingerprint density at radius 3 is 2.52 bits per heavy atom. The lowest BCUT2D eigenvalue weighted by Crippen LogP contribution is -2.37. The van der Waals surface area contributed by atoms with E-state index in [-0.39, 0.29) is 36.2 Å². The maximum atomic E-state index is 13.5. The topological polar surface area (TPSA) is 164 Å². The van der Waals surface area contributed by atoms with Gasteiger partial charge in [0.25, 0.3) is 11.8 Å². The molecule has 0 saturated heterocycles. The molecule has 1 aliphatic rings. The van der Waals surface area contributed by atoms with Gasteiger partial charge in [-0.1, -0.05) is 18.2 Å². The summed E-state index contributed by atoms with van der Waals surface area (Å²) in [5, 5.41) is 19.8. The van der Waals surface area contributed by atoms with Crippen molar-refractivity contribution in [1.29, 1.82) is 0 Å². The SMILES string of the molecule is CCN(C(=O)OCOC(=O)Cc1ccc(O)cc1)C(=O)c1cn2ncnc(Nc3cc(C(=O)NC4CC4)ccc3C)c2c1C. The zero-order chi connectivity index (χ0) is 31.4. The largest absolute Gasteiger partial charge is 0.508 e. The third kappa shape index (κ3) is 6.77. The number of aromatic hydroxyl groups is 1. The number of amides is 3. The Morgan fingerprint density at radius 2 is 1.82 bits per heavy atom. The zero-order valence-electron chi connectivity index (χ0n) is 24.5. The Kier molecular flexibility index (Phi) is 8.74. The van der Waals surface area contributed by atoms with Crippen molar-refractivity contribution in [3.63, 3.8) is 0 Å². The van der Waals surface area contributed by atoms with Crippen LogP contribution in [0.3, 0.4) is 0 Å². The molecule has 2 aromatic carbocycles. The second-order valence-corrected chi connectivity index (χ2v) is 10.4. The second-order valence-electron chi connectivity index (χ2n) is 10.4. The molecule has 1 fully saturated rings. The maximum Gasteiger partial charge on any atom is 0.419 e. The van der Waals surface area contributed by atoms with Crippen LogP contribution in [-0.4, -0.2) is 67.9 Å². The number of carbonyl (C=O) groups excluding carboxylic acids is 4. The Balaban J connectivity index is 1.27. The van der Waals surface area contributed by atoms with Crippen molar-refractivity contribution in [2.45, 2.75) is 46.1 Å². The smallest absolute Gasteiger partial charge is 0.419 e. The van der Waals surface area contributed by atoms with Gasteiger partial charge in [0.15, 0.2) is 5.82 Å². The summed E-state index contributed by atoms with van der Waals surface area (Å²) in [6, 6.07) is 11.6. The number of ether oxygens (including phenoxy) is 2. The molecule has 0 aliphatic heterocycles. The van der Waals surface area contributed by atoms with E-state index in [0.717, 1.165) is 23.3 Å². The highest BCUT2D eigenvalue weighted by molar-refractivity contribution is 6.05. The molecule has 4 aromatic rings. The lowest BCUT2D eigenvalue weighted by atomic mass is 10.1. The fourth-order valence-corrected chi connectivity index (χ4v) is 4.55. The van der Waals surface area contributed by atoms with Gasteiger partial charge in [-0.2, -0.15) is 5.10 Å². The van der Waals surface area contributed by atoms with Crippen LogP contribution in [0.25, 0.3) is 5.52 Å². The van der Waals surface area contributed by atoms with Crippen LogP contribution in [0.4, 0.5) is 16.3 Å². The van der Waals surface area contributed by atoms with Crippen molar-refractivity contribution in [3.05, 3.63) is 82.8 Å². The average Bonchev–Trinajstić information content (AvgIpc) is 3.75. The number of fused-ring (bicyclic) bond motifs is 1. The van der Waals surface area contributed by atoms with Crippen LogP contribution in [-0.2, 0) is 20.7 Å². The molecular weight excluding hydrogens is 568 g/mol. The number of benzene rings is 2. The van der Waals surface area contributed by atoms with Crippen molar-refractivity contribution < 1.29 is 33.8 Å². The molecule has 0 atom stereocenters. The minimum Gasteiger partial charge on any atom is -0.508 e. The summed E-state index contributed by atoms with van der Waals surface area (Å²) in [6.07, 6.45) is 3.74. The maximum absolute atomic E-state index is 13.5.